The molecule has 8 heteroatoms. The minimum atomic E-state index is -4.19. The smallest absolute Gasteiger partial charge is 0.246 e. The van der Waals surface area contributed by atoms with Gasteiger partial charge in [-0.05, 0) is 30.5 Å². The maximum absolute atomic E-state index is 14.1. The highest BCUT2D eigenvalue weighted by molar-refractivity contribution is 7.89. The number of nitrogens with two attached hydrogens (primary N) is 2. The van der Waals surface area contributed by atoms with Crippen molar-refractivity contribution in [1.82, 2.24) is 4.31 Å². The SMILES string of the molecule is Cc1cc(N)cc(S(=O)(=O)N(CC(N)=O)CC(C)C)c1F. The summed E-state index contributed by atoms with van der Waals surface area (Å²) in [6.07, 6.45) is 0. The van der Waals surface area contributed by atoms with Gasteiger partial charge in [-0.1, -0.05) is 13.8 Å². The van der Waals surface area contributed by atoms with E-state index in [4.69, 9.17) is 11.5 Å². The molecule has 6 nitrogen and oxygen atoms in total. The molecule has 1 aromatic rings. The highest BCUT2D eigenvalue weighted by atomic mass is 32.2. The molecule has 1 amide bonds. The summed E-state index contributed by atoms with van der Waals surface area (Å²) in [7, 11) is -4.19. The maximum atomic E-state index is 14.1. The molecule has 0 heterocycles. The predicted molar refractivity (Wildman–Crippen MR) is 78.3 cm³/mol. The summed E-state index contributed by atoms with van der Waals surface area (Å²) in [5.74, 6) is -1.73. The van der Waals surface area contributed by atoms with Crippen LogP contribution in [-0.2, 0) is 14.8 Å². The van der Waals surface area contributed by atoms with Crippen LogP contribution in [0.1, 0.15) is 19.4 Å². The number of sulfonamides is 1. The van der Waals surface area contributed by atoms with Gasteiger partial charge >= 0.3 is 0 Å². The lowest BCUT2D eigenvalue weighted by Crippen LogP contribution is -2.40. The summed E-state index contributed by atoms with van der Waals surface area (Å²) >= 11 is 0. The molecule has 0 aliphatic rings. The van der Waals surface area contributed by atoms with Crippen LogP contribution in [0.5, 0.6) is 0 Å². The van der Waals surface area contributed by atoms with Crippen molar-refractivity contribution >= 4 is 21.6 Å². The van der Waals surface area contributed by atoms with Crippen LogP contribution in [0, 0.1) is 18.7 Å². The van der Waals surface area contributed by atoms with E-state index in [0.717, 1.165) is 10.4 Å². The topological polar surface area (TPSA) is 106 Å². The Hall–Kier alpha value is -1.67. The molecule has 0 unspecified atom stereocenters. The van der Waals surface area contributed by atoms with Gasteiger partial charge in [-0.25, -0.2) is 12.8 Å². The van der Waals surface area contributed by atoms with Gasteiger partial charge in [-0.3, -0.25) is 4.79 Å². The van der Waals surface area contributed by atoms with Crippen LogP contribution < -0.4 is 11.5 Å². The van der Waals surface area contributed by atoms with Crippen LogP contribution in [0.25, 0.3) is 0 Å². The summed E-state index contributed by atoms with van der Waals surface area (Å²) in [5.41, 5.74) is 10.9. The lowest BCUT2D eigenvalue weighted by atomic mass is 10.2. The zero-order valence-electron chi connectivity index (χ0n) is 12.3. The lowest BCUT2D eigenvalue weighted by molar-refractivity contribution is -0.118. The van der Waals surface area contributed by atoms with E-state index in [1.165, 1.54) is 13.0 Å². The monoisotopic (exact) mass is 317 g/mol. The first-order chi connectivity index (χ1) is 9.55. The normalized spacial score (nSPS) is 12.1. The van der Waals surface area contributed by atoms with Crippen LogP contribution in [0.2, 0.25) is 0 Å². The van der Waals surface area contributed by atoms with Crippen molar-refractivity contribution in [3.05, 3.63) is 23.5 Å². The second-order valence-electron chi connectivity index (χ2n) is 5.31. The van der Waals surface area contributed by atoms with E-state index in [0.29, 0.717) is 0 Å². The Bertz CT molecular complexity index is 644. The number of hydrogen-bond acceptors (Lipinski definition) is 4. The first-order valence-electron chi connectivity index (χ1n) is 6.39. The molecule has 0 atom stereocenters. The number of rotatable bonds is 6. The predicted octanol–water partition coefficient (Wildman–Crippen LogP) is 0.848. The average Bonchev–Trinajstić information content (AvgIpc) is 2.31. The van der Waals surface area contributed by atoms with E-state index in [9.17, 15) is 17.6 Å². The van der Waals surface area contributed by atoms with Crippen LogP contribution in [-0.4, -0.2) is 31.7 Å². The molecule has 0 fully saturated rings. The number of hydrogen-bond donors (Lipinski definition) is 2. The number of aryl methyl sites for hydroxylation is 1. The van der Waals surface area contributed by atoms with E-state index in [2.05, 4.69) is 0 Å². The third-order valence-electron chi connectivity index (χ3n) is 2.76. The number of nitrogens with zero attached hydrogens (tertiary/aromatic N) is 1. The molecule has 0 aliphatic carbocycles. The van der Waals surface area contributed by atoms with Gasteiger partial charge in [0.05, 0.1) is 6.54 Å². The van der Waals surface area contributed by atoms with Crippen LogP contribution >= 0.6 is 0 Å². The van der Waals surface area contributed by atoms with Gasteiger partial charge in [0.2, 0.25) is 15.9 Å². The number of primary amides is 1. The molecule has 1 rings (SSSR count). The highest BCUT2D eigenvalue weighted by Crippen LogP contribution is 2.25. The zero-order chi connectivity index (χ0) is 16.4. The van der Waals surface area contributed by atoms with Crippen LogP contribution in [0.15, 0.2) is 17.0 Å². The number of benzene rings is 1. The van der Waals surface area contributed by atoms with E-state index in [1.807, 2.05) is 0 Å². The Morgan fingerprint density at radius 2 is 1.95 bits per heavy atom. The van der Waals surface area contributed by atoms with E-state index >= 15 is 0 Å². The third kappa shape index (κ3) is 4.15. The Morgan fingerprint density at radius 3 is 2.43 bits per heavy atom. The number of nitrogen functional groups attached to an aromatic ring is 1. The summed E-state index contributed by atoms with van der Waals surface area (Å²) in [6.45, 7) is 4.53. The number of anilines is 1. The number of carbonyl (C=O) groups excluding carboxylic acids is 1. The van der Waals surface area contributed by atoms with Crippen LogP contribution in [0.3, 0.4) is 0 Å². The van der Waals surface area contributed by atoms with Gasteiger partial charge in [-0.15, -0.1) is 0 Å². The quantitative estimate of drug-likeness (QED) is 0.758. The Kier molecular flexibility index (Phi) is 5.30. The van der Waals surface area contributed by atoms with E-state index in [1.54, 1.807) is 13.8 Å². The number of carbonyl (C=O) groups is 1. The Balaban J connectivity index is 3.38. The summed E-state index contributed by atoms with van der Waals surface area (Å²) < 4.78 is 40.1. The van der Waals surface area contributed by atoms with Gasteiger partial charge < -0.3 is 11.5 Å². The van der Waals surface area contributed by atoms with Crippen molar-refractivity contribution in [2.45, 2.75) is 25.7 Å². The fourth-order valence-corrected chi connectivity index (χ4v) is 3.66. The molecule has 1 aromatic carbocycles. The molecule has 0 radical (unpaired) electrons. The molecule has 0 saturated carbocycles. The Labute approximate surface area is 124 Å². The molecule has 0 aliphatic heterocycles. The fraction of sp³-hybridized carbons (Fsp3) is 0.462. The van der Waals surface area contributed by atoms with E-state index in [-0.39, 0.29) is 23.7 Å². The van der Waals surface area contributed by atoms with Gasteiger partial charge in [0.1, 0.15) is 10.7 Å². The lowest BCUT2D eigenvalue weighted by Gasteiger charge is -2.23. The first kappa shape index (κ1) is 17.4. The molecule has 0 saturated heterocycles. The van der Waals surface area contributed by atoms with Gasteiger partial charge in [0.25, 0.3) is 0 Å². The minimum absolute atomic E-state index is 0.0515. The van der Waals surface area contributed by atoms with Crippen molar-refractivity contribution in [2.75, 3.05) is 18.8 Å². The first-order valence-corrected chi connectivity index (χ1v) is 7.83. The number of halogens is 1. The minimum Gasteiger partial charge on any atom is -0.399 e. The molecular weight excluding hydrogens is 297 g/mol. The average molecular weight is 317 g/mol. The second-order valence-corrected chi connectivity index (χ2v) is 7.21. The summed E-state index contributed by atoms with van der Waals surface area (Å²) in [4.78, 5) is 10.5. The molecule has 0 aromatic heterocycles. The van der Waals surface area contributed by atoms with Crippen molar-refractivity contribution in [3.8, 4) is 0 Å². The molecule has 21 heavy (non-hydrogen) atoms. The Morgan fingerprint density at radius 1 is 1.38 bits per heavy atom. The van der Waals surface area contributed by atoms with Gasteiger partial charge in [0.15, 0.2) is 0 Å². The highest BCUT2D eigenvalue weighted by Gasteiger charge is 2.30. The molecule has 4 N–H and O–H groups in total. The maximum Gasteiger partial charge on any atom is 0.246 e. The fourth-order valence-electron chi connectivity index (χ4n) is 1.92. The van der Waals surface area contributed by atoms with Crippen molar-refractivity contribution in [1.29, 1.82) is 0 Å². The number of amides is 1. The molecule has 0 spiro atoms. The van der Waals surface area contributed by atoms with E-state index < -0.39 is 33.2 Å². The van der Waals surface area contributed by atoms with Crippen molar-refractivity contribution < 1.29 is 17.6 Å². The second kappa shape index (κ2) is 6.40. The van der Waals surface area contributed by atoms with Gasteiger partial charge in [0, 0.05) is 12.2 Å². The largest absolute Gasteiger partial charge is 0.399 e. The zero-order valence-corrected chi connectivity index (χ0v) is 13.1. The molecule has 0 bridgehead atoms. The molecule has 118 valence electrons. The molecular formula is C13H20FN3O3S. The van der Waals surface area contributed by atoms with Crippen molar-refractivity contribution in [2.24, 2.45) is 11.7 Å². The summed E-state index contributed by atoms with van der Waals surface area (Å²) in [6, 6.07) is 2.39. The van der Waals surface area contributed by atoms with Crippen molar-refractivity contribution in [3.63, 3.8) is 0 Å². The van der Waals surface area contributed by atoms with Crippen LogP contribution in [0.4, 0.5) is 10.1 Å². The van der Waals surface area contributed by atoms with Gasteiger partial charge in [-0.2, -0.15) is 4.31 Å². The standard InChI is InChI=1S/C13H20FN3O3S/c1-8(2)6-17(7-12(16)18)21(19,20)11-5-10(15)4-9(3)13(11)14/h4-5,8H,6-7,15H2,1-3H3,(H2,16,18). The third-order valence-corrected chi connectivity index (χ3v) is 4.57. The summed E-state index contributed by atoms with van der Waals surface area (Å²) in [5, 5.41) is 0.